The molecule has 0 fully saturated rings. The highest BCUT2D eigenvalue weighted by atomic mass is 32.2. The van der Waals surface area contributed by atoms with E-state index in [-0.39, 0.29) is 12.1 Å². The largest absolute Gasteiger partial charge is 0.457 e. The van der Waals surface area contributed by atoms with Crippen LogP contribution >= 0.6 is 47.0 Å². The van der Waals surface area contributed by atoms with E-state index in [9.17, 15) is 4.79 Å². The fraction of sp³-hybridized carbons (Fsp3) is 0.318. The molecule has 0 N–H and O–H groups in total. The van der Waals surface area contributed by atoms with Gasteiger partial charge in [-0.25, -0.2) is 4.79 Å². The SMILES string of the molecule is C=CC(=O)OC(CSc1cccc(CSC)c1)CSc1ccccc1CSC. The number of rotatable bonds is 12. The minimum atomic E-state index is -0.361. The van der Waals surface area contributed by atoms with Crippen molar-refractivity contribution in [3.8, 4) is 0 Å². The first-order chi connectivity index (χ1) is 13.7. The van der Waals surface area contributed by atoms with Gasteiger partial charge in [-0.15, -0.1) is 23.5 Å². The molecule has 2 nitrogen and oxygen atoms in total. The summed E-state index contributed by atoms with van der Waals surface area (Å²) < 4.78 is 5.61. The minimum Gasteiger partial charge on any atom is -0.457 e. The van der Waals surface area contributed by atoms with E-state index in [4.69, 9.17) is 4.74 Å². The number of carbonyl (C=O) groups is 1. The van der Waals surface area contributed by atoms with E-state index in [1.54, 1.807) is 23.5 Å². The Balaban J connectivity index is 2.00. The molecule has 0 saturated carbocycles. The zero-order chi connectivity index (χ0) is 20.2. The Bertz CT molecular complexity index is 764. The lowest BCUT2D eigenvalue weighted by molar-refractivity contribution is -0.140. The van der Waals surface area contributed by atoms with Crippen LogP contribution in [0.1, 0.15) is 11.1 Å². The van der Waals surface area contributed by atoms with Crippen molar-refractivity contribution < 1.29 is 9.53 Å². The van der Waals surface area contributed by atoms with Crippen molar-refractivity contribution in [3.63, 3.8) is 0 Å². The summed E-state index contributed by atoms with van der Waals surface area (Å²) in [5, 5.41) is 0. The summed E-state index contributed by atoms with van der Waals surface area (Å²) >= 11 is 7.11. The fourth-order valence-electron chi connectivity index (χ4n) is 2.51. The van der Waals surface area contributed by atoms with Crippen LogP contribution in [0.5, 0.6) is 0 Å². The second-order valence-corrected chi connectivity index (χ2v) is 9.89. The maximum Gasteiger partial charge on any atom is 0.330 e. The van der Waals surface area contributed by atoms with Crippen molar-refractivity contribution in [3.05, 3.63) is 72.3 Å². The number of benzene rings is 2. The van der Waals surface area contributed by atoms with Gasteiger partial charge in [-0.05, 0) is 41.8 Å². The van der Waals surface area contributed by atoms with Crippen LogP contribution < -0.4 is 0 Å². The van der Waals surface area contributed by atoms with Gasteiger partial charge in [0.15, 0.2) is 0 Å². The lowest BCUT2D eigenvalue weighted by atomic mass is 10.2. The second-order valence-electron chi connectivity index (χ2n) is 6.01. The number of hydrogen-bond acceptors (Lipinski definition) is 6. The molecular weight excluding hydrogens is 425 g/mol. The number of esters is 1. The van der Waals surface area contributed by atoms with Crippen molar-refractivity contribution in [2.75, 3.05) is 24.0 Å². The molecular formula is C22H26O2S4. The van der Waals surface area contributed by atoms with Crippen molar-refractivity contribution in [1.82, 2.24) is 0 Å². The summed E-state index contributed by atoms with van der Waals surface area (Å²) in [4.78, 5) is 14.2. The third-order valence-electron chi connectivity index (χ3n) is 3.79. The maximum atomic E-state index is 11.8. The average molecular weight is 451 g/mol. The third-order valence-corrected chi connectivity index (χ3v) is 7.39. The molecule has 0 aromatic heterocycles. The van der Waals surface area contributed by atoms with Crippen LogP contribution in [-0.4, -0.2) is 36.1 Å². The molecule has 1 atom stereocenters. The third kappa shape index (κ3) is 8.19. The van der Waals surface area contributed by atoms with Crippen LogP contribution in [-0.2, 0) is 21.0 Å². The van der Waals surface area contributed by atoms with Gasteiger partial charge in [0.05, 0.1) is 0 Å². The van der Waals surface area contributed by atoms with Gasteiger partial charge in [0.25, 0.3) is 0 Å². The molecule has 6 heteroatoms. The first-order valence-electron chi connectivity index (χ1n) is 8.89. The molecule has 0 amide bonds. The summed E-state index contributed by atoms with van der Waals surface area (Å²) in [7, 11) is 0. The first kappa shape index (κ1) is 23.3. The average Bonchev–Trinajstić information content (AvgIpc) is 2.71. The molecule has 150 valence electrons. The lowest BCUT2D eigenvalue weighted by Crippen LogP contribution is -2.22. The molecule has 0 aliphatic heterocycles. The minimum absolute atomic E-state index is 0.174. The molecule has 0 bridgehead atoms. The highest BCUT2D eigenvalue weighted by Gasteiger charge is 2.15. The van der Waals surface area contributed by atoms with E-state index in [2.05, 4.69) is 67.6 Å². The van der Waals surface area contributed by atoms with Crippen molar-refractivity contribution in [2.45, 2.75) is 27.4 Å². The van der Waals surface area contributed by atoms with Crippen LogP contribution in [0.25, 0.3) is 0 Å². The van der Waals surface area contributed by atoms with Gasteiger partial charge >= 0.3 is 5.97 Å². The Morgan fingerprint density at radius 2 is 1.79 bits per heavy atom. The summed E-state index contributed by atoms with van der Waals surface area (Å²) in [5.41, 5.74) is 2.64. The van der Waals surface area contributed by atoms with Crippen LogP contribution in [0.15, 0.2) is 71.0 Å². The standard InChI is InChI=1S/C22H26O2S4/c1-4-22(23)24-19(15-27-20-10-7-8-17(12-20)13-25-2)16-28-21-11-6-5-9-18(21)14-26-3/h4-12,19H,1,13-16H2,2-3H3. The molecule has 0 saturated heterocycles. The van der Waals surface area contributed by atoms with Gasteiger partial charge in [0.2, 0.25) is 0 Å². The Morgan fingerprint density at radius 1 is 1.04 bits per heavy atom. The van der Waals surface area contributed by atoms with Crippen LogP contribution in [0.2, 0.25) is 0 Å². The van der Waals surface area contributed by atoms with Crippen molar-refractivity contribution in [2.24, 2.45) is 0 Å². The normalized spacial score (nSPS) is 11.8. The monoisotopic (exact) mass is 450 g/mol. The van der Waals surface area contributed by atoms with Gasteiger partial charge in [-0.2, -0.15) is 23.5 Å². The molecule has 0 radical (unpaired) electrons. The maximum absolute atomic E-state index is 11.8. The van der Waals surface area contributed by atoms with Gasteiger partial charge in [0.1, 0.15) is 6.10 Å². The van der Waals surface area contributed by atoms with E-state index < -0.39 is 0 Å². The predicted molar refractivity (Wildman–Crippen MR) is 129 cm³/mol. The Hall–Kier alpha value is -0.950. The van der Waals surface area contributed by atoms with Crippen LogP contribution in [0.4, 0.5) is 0 Å². The van der Waals surface area contributed by atoms with Crippen molar-refractivity contribution >= 4 is 53.0 Å². The zero-order valence-corrected chi connectivity index (χ0v) is 19.5. The molecule has 0 aliphatic rings. The van der Waals surface area contributed by atoms with E-state index >= 15 is 0 Å². The van der Waals surface area contributed by atoms with Gasteiger partial charge in [0, 0.05) is 38.9 Å². The van der Waals surface area contributed by atoms with E-state index in [1.807, 2.05) is 23.5 Å². The molecule has 0 heterocycles. The zero-order valence-electron chi connectivity index (χ0n) is 16.3. The molecule has 2 aromatic carbocycles. The quantitative estimate of drug-likeness (QED) is 0.211. The van der Waals surface area contributed by atoms with Gasteiger partial charge in [-0.1, -0.05) is 36.9 Å². The first-order valence-corrected chi connectivity index (χ1v) is 13.7. The fourth-order valence-corrected chi connectivity index (χ4v) is 5.85. The van der Waals surface area contributed by atoms with E-state index in [1.165, 1.54) is 27.0 Å². The molecule has 0 aliphatic carbocycles. The summed E-state index contributed by atoms with van der Waals surface area (Å²) in [6.45, 7) is 3.53. The number of ether oxygens (including phenoxy) is 1. The summed E-state index contributed by atoms with van der Waals surface area (Å²) in [6.07, 6.45) is 5.28. The number of carbonyl (C=O) groups excluding carboxylic acids is 1. The summed E-state index contributed by atoms with van der Waals surface area (Å²) in [6, 6.07) is 17.0. The number of thioether (sulfide) groups is 4. The Labute approximate surface area is 185 Å². The van der Waals surface area contributed by atoms with E-state index in [0.29, 0.717) is 0 Å². The van der Waals surface area contributed by atoms with Crippen molar-refractivity contribution in [1.29, 1.82) is 0 Å². The Kier molecular flexibility index (Phi) is 11.1. The smallest absolute Gasteiger partial charge is 0.330 e. The summed E-state index contributed by atoms with van der Waals surface area (Å²) in [5.74, 6) is 3.07. The Morgan fingerprint density at radius 3 is 2.54 bits per heavy atom. The highest BCUT2D eigenvalue weighted by molar-refractivity contribution is 8.00. The van der Waals surface area contributed by atoms with E-state index in [0.717, 1.165) is 23.0 Å². The van der Waals surface area contributed by atoms with Crippen LogP contribution in [0.3, 0.4) is 0 Å². The molecule has 2 rings (SSSR count). The molecule has 28 heavy (non-hydrogen) atoms. The molecule has 1 unspecified atom stereocenters. The lowest BCUT2D eigenvalue weighted by Gasteiger charge is -2.17. The van der Waals surface area contributed by atoms with Crippen LogP contribution in [0, 0.1) is 0 Å². The topological polar surface area (TPSA) is 26.3 Å². The molecule has 0 spiro atoms. The molecule has 2 aromatic rings. The number of hydrogen-bond donors (Lipinski definition) is 0. The highest BCUT2D eigenvalue weighted by Crippen LogP contribution is 2.29. The van der Waals surface area contributed by atoms with Gasteiger partial charge < -0.3 is 4.74 Å². The predicted octanol–water partition coefficient (Wildman–Crippen LogP) is 6.39. The van der Waals surface area contributed by atoms with Gasteiger partial charge in [-0.3, -0.25) is 0 Å². The second kappa shape index (κ2) is 13.3.